The van der Waals surface area contributed by atoms with E-state index in [1.165, 1.54) is 32.1 Å². The fourth-order valence-electron chi connectivity index (χ4n) is 3.88. The molecule has 0 unspecified atom stereocenters. The topological polar surface area (TPSA) is 67.8 Å². The van der Waals surface area contributed by atoms with Crippen LogP contribution in [0.25, 0.3) is 0 Å². The zero-order valence-corrected chi connectivity index (χ0v) is 19.9. The Morgan fingerprint density at radius 2 is 1.74 bits per heavy atom. The van der Waals surface area contributed by atoms with E-state index in [-0.39, 0.29) is 0 Å². The first kappa shape index (κ1) is 25.6. The van der Waals surface area contributed by atoms with Gasteiger partial charge in [0.15, 0.2) is 5.90 Å². The maximum atomic E-state index is 12.1. The second-order valence-corrected chi connectivity index (χ2v) is 10.2. The van der Waals surface area contributed by atoms with Crippen molar-refractivity contribution in [1.29, 1.82) is 0 Å². The van der Waals surface area contributed by atoms with E-state index in [4.69, 9.17) is 9.73 Å². The third kappa shape index (κ3) is 9.56. The summed E-state index contributed by atoms with van der Waals surface area (Å²) in [6.45, 7) is 7.30. The third-order valence-electron chi connectivity index (χ3n) is 5.83. The summed E-state index contributed by atoms with van der Waals surface area (Å²) in [5.41, 5.74) is 0. The number of hydrogen-bond donors (Lipinski definition) is 1. The van der Waals surface area contributed by atoms with Crippen LogP contribution < -0.4 is 4.72 Å². The maximum Gasteiger partial charge on any atom is 0.240 e. The average molecular weight is 449 g/mol. The summed E-state index contributed by atoms with van der Waals surface area (Å²) in [5, 5.41) is 0. The van der Waals surface area contributed by atoms with Gasteiger partial charge in [-0.15, -0.1) is 6.58 Å². The zero-order valence-electron chi connectivity index (χ0n) is 19.1. The van der Waals surface area contributed by atoms with Crippen LogP contribution in [0.5, 0.6) is 0 Å². The molecule has 0 bridgehead atoms. The number of aliphatic imine (C=N–C) groups is 1. The van der Waals surface area contributed by atoms with Crippen molar-refractivity contribution < 1.29 is 13.2 Å². The van der Waals surface area contributed by atoms with Crippen molar-refractivity contribution >= 4 is 15.9 Å². The summed E-state index contributed by atoms with van der Waals surface area (Å²) in [7, 11) is -3.36. The molecule has 1 aliphatic heterocycles. The molecule has 1 heterocycles. The highest BCUT2D eigenvalue weighted by Crippen LogP contribution is 2.22. The van der Waals surface area contributed by atoms with Crippen molar-refractivity contribution in [1.82, 2.24) is 4.72 Å². The van der Waals surface area contributed by atoms with Crippen LogP contribution in [0, 0.1) is 5.92 Å². The van der Waals surface area contributed by atoms with Crippen molar-refractivity contribution in [3.8, 4) is 0 Å². The van der Waals surface area contributed by atoms with Crippen molar-refractivity contribution in [2.75, 3.05) is 13.2 Å². The second-order valence-electron chi connectivity index (χ2n) is 8.39. The molecule has 0 radical (unpaired) electrons. The van der Waals surface area contributed by atoms with E-state index in [1.807, 2.05) is 12.1 Å². The Morgan fingerprint density at radius 3 is 2.35 bits per heavy atom. The number of ether oxygens (including phenoxy) is 1. The molecule has 0 aromatic heterocycles. The Morgan fingerprint density at radius 1 is 1.10 bits per heavy atom. The van der Waals surface area contributed by atoms with Gasteiger partial charge in [-0.2, -0.15) is 0 Å². The average Bonchev–Trinajstić information content (AvgIpc) is 3.26. The Labute approximate surface area is 189 Å². The van der Waals surface area contributed by atoms with Gasteiger partial charge in [-0.3, -0.25) is 0 Å². The molecule has 2 rings (SSSR count). The van der Waals surface area contributed by atoms with Gasteiger partial charge in [0.05, 0.1) is 10.9 Å². The maximum absolute atomic E-state index is 12.1. The summed E-state index contributed by atoms with van der Waals surface area (Å²) in [6.07, 6.45) is 14.4. The minimum absolute atomic E-state index is 0.335. The van der Waals surface area contributed by atoms with Gasteiger partial charge in [0, 0.05) is 12.5 Å². The van der Waals surface area contributed by atoms with Gasteiger partial charge < -0.3 is 4.74 Å². The number of unbranched alkanes of at least 4 members (excludes halogenated alkanes) is 7. The van der Waals surface area contributed by atoms with Gasteiger partial charge in [0.2, 0.25) is 10.0 Å². The van der Waals surface area contributed by atoms with Gasteiger partial charge in [0.1, 0.15) is 6.61 Å². The van der Waals surface area contributed by atoms with Crippen molar-refractivity contribution in [3.05, 3.63) is 43.0 Å². The van der Waals surface area contributed by atoms with E-state index in [1.54, 1.807) is 24.3 Å². The normalized spacial score (nSPS) is 17.2. The molecule has 31 heavy (non-hydrogen) atoms. The molecule has 0 aliphatic carbocycles. The molecule has 1 N–H and O–H groups in total. The summed E-state index contributed by atoms with van der Waals surface area (Å²) >= 11 is 0. The number of rotatable bonds is 17. The molecule has 1 aromatic rings. The molecule has 6 heteroatoms. The van der Waals surface area contributed by atoms with E-state index in [2.05, 4.69) is 18.2 Å². The fourth-order valence-corrected chi connectivity index (χ4v) is 4.97. The molecule has 0 saturated heterocycles. The highest BCUT2D eigenvalue weighted by molar-refractivity contribution is 7.89. The molecule has 2 atom stereocenters. The molecule has 1 aliphatic rings. The predicted octanol–water partition coefficient (Wildman–Crippen LogP) is 5.88. The first-order valence-corrected chi connectivity index (χ1v) is 13.4. The number of hydrogen-bond acceptors (Lipinski definition) is 4. The van der Waals surface area contributed by atoms with Gasteiger partial charge >= 0.3 is 0 Å². The van der Waals surface area contributed by atoms with Crippen molar-refractivity contribution in [2.45, 2.75) is 88.5 Å². The molecular formula is C25H40N2O3S. The second kappa shape index (κ2) is 14.4. The lowest BCUT2D eigenvalue weighted by atomic mass is 9.96. The lowest BCUT2D eigenvalue weighted by Crippen LogP contribution is -2.24. The quantitative estimate of drug-likeness (QED) is 0.239. The monoisotopic (exact) mass is 448 g/mol. The summed E-state index contributed by atoms with van der Waals surface area (Å²) in [6, 6.07) is 8.89. The summed E-state index contributed by atoms with van der Waals surface area (Å²) < 4.78 is 32.8. The summed E-state index contributed by atoms with van der Waals surface area (Å²) in [4.78, 5) is 5.06. The van der Waals surface area contributed by atoms with Crippen LogP contribution >= 0.6 is 0 Å². The predicted molar refractivity (Wildman–Crippen MR) is 129 cm³/mol. The smallest absolute Gasteiger partial charge is 0.240 e. The standard InChI is InChI=1S/C25H40N2O3S/c1-3-16-22(25-27-23(4-2)21-30-25)17-12-9-7-5-6-8-10-15-20-26-31(28,29)24-18-13-11-14-19-24/h3,11,13-14,18-19,22-23,26H,1,4-10,12,15-17,20-21H2,2H3/t22-,23+/m0/s1. The van der Waals surface area contributed by atoms with Crippen LogP contribution in [-0.2, 0) is 14.8 Å². The molecule has 174 valence electrons. The molecule has 5 nitrogen and oxygen atoms in total. The highest BCUT2D eigenvalue weighted by Gasteiger charge is 2.23. The minimum atomic E-state index is -3.36. The lowest BCUT2D eigenvalue weighted by Gasteiger charge is -2.14. The first-order valence-electron chi connectivity index (χ1n) is 11.9. The van der Waals surface area contributed by atoms with Crippen LogP contribution in [-0.4, -0.2) is 33.5 Å². The van der Waals surface area contributed by atoms with Crippen molar-refractivity contribution in [2.24, 2.45) is 10.9 Å². The van der Waals surface area contributed by atoms with Crippen LogP contribution in [0.3, 0.4) is 0 Å². The Balaban J connectivity index is 1.48. The molecule has 0 saturated carbocycles. The van der Waals surface area contributed by atoms with E-state index in [0.29, 0.717) is 23.4 Å². The minimum Gasteiger partial charge on any atom is -0.478 e. The van der Waals surface area contributed by atoms with E-state index < -0.39 is 10.0 Å². The lowest BCUT2D eigenvalue weighted by molar-refractivity contribution is 0.291. The van der Waals surface area contributed by atoms with E-state index >= 15 is 0 Å². The molecule has 0 amide bonds. The van der Waals surface area contributed by atoms with E-state index in [0.717, 1.165) is 51.0 Å². The first-order chi connectivity index (χ1) is 15.1. The molecule has 0 spiro atoms. The number of sulfonamides is 1. The SMILES string of the molecule is C=CC[C@@H](CCCCCCCCCCNS(=O)(=O)c1ccccc1)C1=N[C@H](CC)CO1. The number of nitrogens with one attached hydrogen (secondary N) is 1. The number of allylic oxidation sites excluding steroid dienone is 1. The Hall–Kier alpha value is -1.66. The Kier molecular flexibility index (Phi) is 11.9. The number of benzene rings is 1. The Bertz CT molecular complexity index is 762. The third-order valence-corrected chi connectivity index (χ3v) is 7.31. The van der Waals surface area contributed by atoms with Gasteiger partial charge in [0.25, 0.3) is 0 Å². The summed E-state index contributed by atoms with van der Waals surface area (Å²) in [5.74, 6) is 1.35. The van der Waals surface area contributed by atoms with Crippen molar-refractivity contribution in [3.63, 3.8) is 0 Å². The van der Waals surface area contributed by atoms with E-state index in [9.17, 15) is 8.42 Å². The molecule has 0 fully saturated rings. The zero-order chi connectivity index (χ0) is 22.4. The fraction of sp³-hybridized carbons (Fsp3) is 0.640. The number of nitrogens with zero attached hydrogens (tertiary/aromatic N) is 1. The van der Waals surface area contributed by atoms with Gasteiger partial charge in [-0.25, -0.2) is 18.1 Å². The van der Waals surface area contributed by atoms with Crippen LogP contribution in [0.2, 0.25) is 0 Å². The van der Waals surface area contributed by atoms with Crippen LogP contribution in [0.4, 0.5) is 0 Å². The molecule has 1 aromatic carbocycles. The van der Waals surface area contributed by atoms with Crippen LogP contribution in [0.15, 0.2) is 52.9 Å². The largest absolute Gasteiger partial charge is 0.478 e. The van der Waals surface area contributed by atoms with Gasteiger partial charge in [-0.05, 0) is 37.8 Å². The van der Waals surface area contributed by atoms with Gasteiger partial charge in [-0.1, -0.05) is 76.1 Å². The van der Waals surface area contributed by atoms with Crippen LogP contribution in [0.1, 0.15) is 77.6 Å². The molecular weight excluding hydrogens is 408 g/mol. The highest BCUT2D eigenvalue weighted by atomic mass is 32.2.